The van der Waals surface area contributed by atoms with Crippen molar-refractivity contribution in [3.05, 3.63) is 69.7 Å². The van der Waals surface area contributed by atoms with Crippen LogP contribution in [0.5, 0.6) is 0 Å². The first-order valence-corrected chi connectivity index (χ1v) is 9.70. The highest BCUT2D eigenvalue weighted by atomic mass is 79.9. The molecule has 1 aliphatic rings. The summed E-state index contributed by atoms with van der Waals surface area (Å²) in [5.41, 5.74) is -2.27. The average Bonchev–Trinajstić information content (AvgIpc) is 2.99. The monoisotopic (exact) mass is 468 g/mol. The van der Waals surface area contributed by atoms with E-state index in [-0.39, 0.29) is 21.7 Å². The number of hydrazone groups is 1. The average molecular weight is 469 g/mol. The van der Waals surface area contributed by atoms with E-state index < -0.39 is 24.2 Å². The van der Waals surface area contributed by atoms with Crippen LogP contribution in [0.3, 0.4) is 0 Å². The van der Waals surface area contributed by atoms with E-state index in [2.05, 4.69) is 21.0 Å². The largest absolute Gasteiger partial charge is 0.438 e. The number of carbonyl (C=O) groups is 1. The number of alkyl halides is 3. The number of carbonyl (C=O) groups excluding carboxylic acids is 1. The van der Waals surface area contributed by atoms with Gasteiger partial charge in [-0.1, -0.05) is 61.0 Å². The number of hydrogen-bond donors (Lipinski definition) is 1. The Hall–Kier alpha value is -2.19. The van der Waals surface area contributed by atoms with E-state index in [1.807, 2.05) is 20.8 Å². The van der Waals surface area contributed by atoms with Crippen LogP contribution in [-0.4, -0.2) is 33.6 Å². The second-order valence-electron chi connectivity index (χ2n) is 7.99. The van der Waals surface area contributed by atoms with Gasteiger partial charge in [-0.2, -0.15) is 23.3 Å². The van der Waals surface area contributed by atoms with Crippen molar-refractivity contribution in [3.63, 3.8) is 0 Å². The smallest absolute Gasteiger partial charge is 0.362 e. The Bertz CT molecular complexity index is 965. The van der Waals surface area contributed by atoms with E-state index in [1.165, 1.54) is 12.1 Å². The molecule has 1 heterocycles. The molecule has 0 aliphatic carbocycles. The summed E-state index contributed by atoms with van der Waals surface area (Å²) in [6, 6.07) is 12.8. The summed E-state index contributed by atoms with van der Waals surface area (Å²) in [6.45, 7) is 5.96. The van der Waals surface area contributed by atoms with Crippen molar-refractivity contribution in [2.45, 2.75) is 44.5 Å². The van der Waals surface area contributed by atoms with Gasteiger partial charge in [0, 0.05) is 10.0 Å². The van der Waals surface area contributed by atoms with Gasteiger partial charge in [-0.3, -0.25) is 4.79 Å². The molecule has 8 heteroatoms. The summed E-state index contributed by atoms with van der Waals surface area (Å²) in [4.78, 5) is 12.9. The Morgan fingerprint density at radius 3 is 2.28 bits per heavy atom. The molecule has 1 N–H and O–H groups in total. The maximum Gasteiger partial charge on any atom is 0.438 e. The minimum atomic E-state index is -5.08. The third kappa shape index (κ3) is 4.09. The number of benzene rings is 2. The van der Waals surface area contributed by atoms with Crippen LogP contribution in [0.25, 0.3) is 0 Å². The normalized spacial score (nSPS) is 20.0. The zero-order valence-corrected chi connectivity index (χ0v) is 17.7. The molecule has 1 aliphatic heterocycles. The van der Waals surface area contributed by atoms with Crippen LogP contribution < -0.4 is 0 Å². The third-order valence-corrected chi connectivity index (χ3v) is 5.28. The molecule has 0 saturated heterocycles. The summed E-state index contributed by atoms with van der Waals surface area (Å²) >= 11 is 3.26. The zero-order valence-electron chi connectivity index (χ0n) is 16.1. The predicted octanol–water partition coefficient (Wildman–Crippen LogP) is 5.25. The van der Waals surface area contributed by atoms with Crippen LogP contribution >= 0.6 is 15.9 Å². The molecule has 1 amide bonds. The third-order valence-electron chi connectivity index (χ3n) is 4.79. The molecular weight excluding hydrogens is 449 g/mol. The lowest BCUT2D eigenvalue weighted by Crippen LogP contribution is -2.56. The molecule has 2 aromatic rings. The predicted molar refractivity (Wildman–Crippen MR) is 108 cm³/mol. The first-order chi connectivity index (χ1) is 13.3. The Balaban J connectivity index is 2.02. The molecule has 2 aromatic carbocycles. The number of rotatable bonds is 2. The first-order valence-electron chi connectivity index (χ1n) is 8.90. The van der Waals surface area contributed by atoms with Gasteiger partial charge < -0.3 is 5.11 Å². The molecule has 0 unspecified atom stereocenters. The fraction of sp³-hybridized carbons (Fsp3) is 0.333. The lowest BCUT2D eigenvalue weighted by molar-refractivity contribution is -0.297. The number of hydrogen-bond acceptors (Lipinski definition) is 3. The SMILES string of the molecule is CC(C)(C)c1ccc(C(=O)N2N=C(c3cccc(Br)c3)C[C@@]2(O)C(F)(F)F)cc1. The second-order valence-corrected chi connectivity index (χ2v) is 8.91. The number of nitrogens with zero attached hydrogens (tertiary/aromatic N) is 2. The Morgan fingerprint density at radius 1 is 1.14 bits per heavy atom. The molecule has 154 valence electrons. The van der Waals surface area contributed by atoms with Crippen LogP contribution in [0.1, 0.15) is 48.7 Å². The van der Waals surface area contributed by atoms with Gasteiger partial charge in [0.15, 0.2) is 0 Å². The highest BCUT2D eigenvalue weighted by Crippen LogP contribution is 2.42. The van der Waals surface area contributed by atoms with Gasteiger partial charge in [0.1, 0.15) is 0 Å². The molecule has 0 bridgehead atoms. The van der Waals surface area contributed by atoms with Gasteiger partial charge in [0.05, 0.1) is 12.1 Å². The Morgan fingerprint density at radius 2 is 1.76 bits per heavy atom. The molecule has 0 aromatic heterocycles. The van der Waals surface area contributed by atoms with E-state index in [4.69, 9.17) is 0 Å². The summed E-state index contributed by atoms with van der Waals surface area (Å²) in [7, 11) is 0. The fourth-order valence-corrected chi connectivity index (χ4v) is 3.44. The van der Waals surface area contributed by atoms with E-state index in [1.54, 1.807) is 36.4 Å². The van der Waals surface area contributed by atoms with Crippen LogP contribution in [-0.2, 0) is 5.41 Å². The van der Waals surface area contributed by atoms with Crippen LogP contribution in [0.4, 0.5) is 13.2 Å². The molecule has 4 nitrogen and oxygen atoms in total. The highest BCUT2D eigenvalue weighted by molar-refractivity contribution is 9.10. The minimum Gasteiger partial charge on any atom is -0.362 e. The van der Waals surface area contributed by atoms with Gasteiger partial charge in [-0.15, -0.1) is 0 Å². The van der Waals surface area contributed by atoms with Gasteiger partial charge in [0.2, 0.25) is 0 Å². The maximum absolute atomic E-state index is 13.7. The second kappa shape index (κ2) is 7.25. The quantitative estimate of drug-likeness (QED) is 0.654. The summed E-state index contributed by atoms with van der Waals surface area (Å²) < 4.78 is 41.8. The van der Waals surface area contributed by atoms with E-state index in [0.717, 1.165) is 5.56 Å². The number of amides is 1. The highest BCUT2D eigenvalue weighted by Gasteiger charge is 2.63. The van der Waals surface area contributed by atoms with Crippen molar-refractivity contribution < 1.29 is 23.1 Å². The Kier molecular flexibility index (Phi) is 5.38. The van der Waals surface area contributed by atoms with Crippen molar-refractivity contribution in [2.24, 2.45) is 5.10 Å². The van der Waals surface area contributed by atoms with Gasteiger partial charge >= 0.3 is 6.18 Å². The number of halogens is 4. The molecule has 0 spiro atoms. The molecule has 0 radical (unpaired) electrons. The lowest BCUT2D eigenvalue weighted by Gasteiger charge is -2.32. The van der Waals surface area contributed by atoms with Crippen molar-refractivity contribution in [3.8, 4) is 0 Å². The van der Waals surface area contributed by atoms with E-state index in [0.29, 0.717) is 10.0 Å². The topological polar surface area (TPSA) is 52.9 Å². The maximum atomic E-state index is 13.7. The zero-order chi connectivity index (χ0) is 21.6. The summed E-state index contributed by atoms with van der Waals surface area (Å²) in [6.07, 6.45) is -5.93. The Labute approximate surface area is 175 Å². The van der Waals surface area contributed by atoms with E-state index in [9.17, 15) is 23.1 Å². The molecular formula is C21H20BrF3N2O2. The van der Waals surface area contributed by atoms with Crippen molar-refractivity contribution in [1.29, 1.82) is 0 Å². The fourth-order valence-electron chi connectivity index (χ4n) is 3.04. The standard InChI is InChI=1S/C21H20BrF3N2O2/c1-19(2,3)15-9-7-13(8-10-15)18(28)27-20(29,21(23,24)25)12-17(26-27)14-5-4-6-16(22)11-14/h4-11,29H,12H2,1-3H3/t20-/m1/s1. The van der Waals surface area contributed by atoms with Gasteiger partial charge in [-0.05, 0) is 40.8 Å². The van der Waals surface area contributed by atoms with Crippen LogP contribution in [0.2, 0.25) is 0 Å². The van der Waals surface area contributed by atoms with Gasteiger partial charge in [-0.25, -0.2) is 0 Å². The van der Waals surface area contributed by atoms with Crippen molar-refractivity contribution in [1.82, 2.24) is 5.01 Å². The molecule has 0 saturated carbocycles. The summed E-state index contributed by atoms with van der Waals surface area (Å²) in [5.74, 6) is -1.02. The minimum absolute atomic E-state index is 0.0138. The van der Waals surface area contributed by atoms with Crippen LogP contribution in [0.15, 0.2) is 58.1 Å². The molecule has 0 fully saturated rings. The summed E-state index contributed by atoms with van der Waals surface area (Å²) in [5, 5.41) is 14.5. The number of aliphatic hydroxyl groups is 1. The van der Waals surface area contributed by atoms with Crippen molar-refractivity contribution in [2.75, 3.05) is 0 Å². The van der Waals surface area contributed by atoms with E-state index >= 15 is 0 Å². The van der Waals surface area contributed by atoms with Gasteiger partial charge in [0.25, 0.3) is 11.6 Å². The lowest BCUT2D eigenvalue weighted by atomic mass is 9.86. The van der Waals surface area contributed by atoms with Crippen LogP contribution in [0, 0.1) is 0 Å². The molecule has 29 heavy (non-hydrogen) atoms. The molecule has 1 atom stereocenters. The molecule has 3 rings (SSSR count). The first kappa shape index (κ1) is 21.5. The van der Waals surface area contributed by atoms with Crippen molar-refractivity contribution >= 4 is 27.5 Å².